The molecule has 1 aliphatic carbocycles. The molecule has 0 heterocycles. The van der Waals surface area contributed by atoms with Crippen LogP contribution in [-0.4, -0.2) is 20.9 Å². The first-order chi connectivity index (χ1) is 20.1. The largest absolute Gasteiger partial charge is 0.416 e. The molecule has 0 amide bonds. The lowest BCUT2D eigenvalue weighted by Gasteiger charge is -2.09. The van der Waals surface area contributed by atoms with E-state index in [1.165, 1.54) is 75.3 Å². The first-order valence-corrected chi connectivity index (χ1v) is 18.9. The monoisotopic (exact) mass is 650 g/mol. The summed E-state index contributed by atoms with van der Waals surface area (Å²) in [6.07, 6.45) is 11.4. The Balaban J connectivity index is 0. The summed E-state index contributed by atoms with van der Waals surface area (Å²) in [5, 5.41) is 0. The zero-order chi connectivity index (χ0) is 33.6. The third kappa shape index (κ3) is 21.7. The van der Waals surface area contributed by atoms with E-state index in [9.17, 15) is 26.0 Å². The average molecular weight is 651 g/mol. The van der Waals surface area contributed by atoms with E-state index in [-0.39, 0.29) is 4.90 Å². The number of rotatable bonds is 10. The van der Waals surface area contributed by atoms with Crippen molar-refractivity contribution in [2.45, 2.75) is 136 Å². The second-order valence-corrected chi connectivity index (χ2v) is 13.9. The molecule has 1 saturated carbocycles. The third-order valence-corrected chi connectivity index (χ3v) is 8.42. The number of aryl methyl sites for hydroxylation is 2. The maximum Gasteiger partial charge on any atom is 0.416 e. The molecule has 0 spiro atoms. The maximum absolute atomic E-state index is 13.6. The van der Waals surface area contributed by atoms with E-state index in [0.29, 0.717) is 16.9 Å². The fourth-order valence-corrected chi connectivity index (χ4v) is 5.53. The van der Waals surface area contributed by atoms with Gasteiger partial charge in [-0.15, -0.1) is 11.8 Å². The number of alkyl halides is 3. The van der Waals surface area contributed by atoms with Crippen LogP contribution in [-0.2, 0) is 22.4 Å². The Morgan fingerprint density at radius 1 is 0.953 bits per heavy atom. The number of unbranched alkanes of at least 4 members (excludes halogenated alkanes) is 2. The van der Waals surface area contributed by atoms with E-state index in [1.54, 1.807) is 25.3 Å². The Morgan fingerprint density at radius 3 is 1.95 bits per heavy atom. The van der Waals surface area contributed by atoms with Crippen LogP contribution in [0.5, 0.6) is 0 Å². The normalized spacial score (nSPS) is 13.1. The summed E-state index contributed by atoms with van der Waals surface area (Å²) in [5.41, 5.74) is 0.746. The van der Waals surface area contributed by atoms with Gasteiger partial charge < -0.3 is 0 Å². The molecule has 0 saturated heterocycles. The van der Waals surface area contributed by atoms with Crippen molar-refractivity contribution in [2.75, 3.05) is 12.5 Å². The number of benzene rings is 2. The summed E-state index contributed by atoms with van der Waals surface area (Å²) < 4.78 is 72.7. The molecule has 1 atom stereocenters. The van der Waals surface area contributed by atoms with Gasteiger partial charge in [0.15, 0.2) is 9.84 Å². The Morgan fingerprint density at radius 2 is 1.53 bits per heavy atom. The highest BCUT2D eigenvalue weighted by atomic mass is 32.2. The summed E-state index contributed by atoms with van der Waals surface area (Å²) in [6, 6.07) is 8.28. The molecular weight excluding hydrogens is 593 g/mol. The van der Waals surface area contributed by atoms with Crippen molar-refractivity contribution < 1.29 is 26.0 Å². The van der Waals surface area contributed by atoms with E-state index >= 15 is 0 Å². The van der Waals surface area contributed by atoms with Crippen LogP contribution < -0.4 is 0 Å². The Hall–Kier alpha value is -1.54. The smallest absolute Gasteiger partial charge is 0.224 e. The van der Waals surface area contributed by atoms with Gasteiger partial charge in [0.1, 0.15) is 10.7 Å². The standard InChI is InChI=1S/C11H15FO2S.C10H22.C8H7F3S.C4H8.C2H6/c1-4-5-9-6-8(2)7-10(12)11(9)15(3,13)14;1-4-6-7-9-10(3)8-5-2;1-12-7-4-2-3-6(5-7)8(9,10)11;1-4-2-3-4;1-2/h6-7H,4-5H2,1-3H3;10H,4-9H2,1-3H3;2-5H,1H3;4H,2-3H2,1H3;1-2H3. The minimum Gasteiger partial charge on any atom is -0.224 e. The molecule has 0 radical (unpaired) electrons. The molecule has 43 heavy (non-hydrogen) atoms. The molecule has 250 valence electrons. The second kappa shape index (κ2) is 23.8. The number of sulfone groups is 1. The van der Waals surface area contributed by atoms with Crippen LogP contribution in [0.1, 0.15) is 123 Å². The van der Waals surface area contributed by atoms with Gasteiger partial charge in [-0.05, 0) is 66.8 Å². The first-order valence-electron chi connectivity index (χ1n) is 15.8. The summed E-state index contributed by atoms with van der Waals surface area (Å²) in [4.78, 5) is 0.486. The number of hydrogen-bond donors (Lipinski definition) is 0. The number of halogens is 4. The number of hydrogen-bond acceptors (Lipinski definition) is 3. The Kier molecular flexibility index (Phi) is 24.1. The van der Waals surface area contributed by atoms with Gasteiger partial charge in [0.25, 0.3) is 0 Å². The van der Waals surface area contributed by atoms with E-state index < -0.39 is 27.4 Å². The minimum atomic E-state index is -4.23. The van der Waals surface area contributed by atoms with Crippen LogP contribution in [0.25, 0.3) is 0 Å². The lowest BCUT2D eigenvalue weighted by atomic mass is 9.99. The van der Waals surface area contributed by atoms with Crippen molar-refractivity contribution in [2.24, 2.45) is 11.8 Å². The van der Waals surface area contributed by atoms with Crippen LogP contribution in [0.15, 0.2) is 46.2 Å². The first kappa shape index (κ1) is 43.6. The highest BCUT2D eigenvalue weighted by Crippen LogP contribution is 2.31. The van der Waals surface area contributed by atoms with Crippen molar-refractivity contribution in [1.82, 2.24) is 0 Å². The number of thioether (sulfide) groups is 1. The van der Waals surface area contributed by atoms with Crippen LogP contribution in [0, 0.1) is 24.6 Å². The van der Waals surface area contributed by atoms with E-state index in [2.05, 4.69) is 27.7 Å². The molecule has 2 aromatic rings. The minimum absolute atomic E-state index is 0.144. The second-order valence-electron chi connectivity index (χ2n) is 11.1. The van der Waals surface area contributed by atoms with Gasteiger partial charge in [-0.25, -0.2) is 12.8 Å². The highest BCUT2D eigenvalue weighted by Gasteiger charge is 2.30. The topological polar surface area (TPSA) is 34.1 Å². The lowest BCUT2D eigenvalue weighted by molar-refractivity contribution is -0.137. The van der Waals surface area contributed by atoms with Crippen LogP contribution in [0.2, 0.25) is 0 Å². The molecule has 1 aliphatic rings. The molecule has 0 aliphatic heterocycles. The van der Waals surface area contributed by atoms with Crippen LogP contribution >= 0.6 is 11.8 Å². The Bertz CT molecular complexity index is 1100. The SMILES string of the molecule is CC.CC1CC1.CCCCCC(C)CCC.CCCc1cc(C)cc(F)c1S(C)(=O)=O.CSc1cccc(C(F)(F)F)c1. The molecule has 3 rings (SSSR count). The summed E-state index contributed by atoms with van der Waals surface area (Å²) in [7, 11) is -3.48. The predicted molar refractivity (Wildman–Crippen MR) is 179 cm³/mol. The van der Waals surface area contributed by atoms with Gasteiger partial charge in [-0.2, -0.15) is 13.2 Å². The third-order valence-electron chi connectivity index (χ3n) is 6.50. The molecule has 1 fully saturated rings. The van der Waals surface area contributed by atoms with E-state index in [1.807, 2.05) is 20.8 Å². The summed E-state index contributed by atoms with van der Waals surface area (Å²) in [5.74, 6) is 1.41. The molecular formula is C35H58F4O2S2. The van der Waals surface area contributed by atoms with Gasteiger partial charge in [0.05, 0.1) is 5.56 Å². The highest BCUT2D eigenvalue weighted by molar-refractivity contribution is 7.98. The van der Waals surface area contributed by atoms with Gasteiger partial charge >= 0.3 is 6.18 Å². The van der Waals surface area contributed by atoms with Crippen LogP contribution in [0.4, 0.5) is 17.6 Å². The average Bonchev–Trinajstić information content (AvgIpc) is 3.72. The zero-order valence-corrected chi connectivity index (χ0v) is 30.0. The summed E-state index contributed by atoms with van der Waals surface area (Å²) in [6.45, 7) is 16.9. The van der Waals surface area contributed by atoms with Crippen molar-refractivity contribution in [3.63, 3.8) is 0 Å². The maximum atomic E-state index is 13.6. The van der Waals surface area contributed by atoms with Crippen molar-refractivity contribution in [3.8, 4) is 0 Å². The van der Waals surface area contributed by atoms with Gasteiger partial charge in [0.2, 0.25) is 0 Å². The molecule has 0 N–H and O–H groups in total. The predicted octanol–water partition coefficient (Wildman–Crippen LogP) is 12.4. The Labute approximate surface area is 265 Å². The molecule has 1 unspecified atom stereocenters. The van der Waals surface area contributed by atoms with Crippen LogP contribution in [0.3, 0.4) is 0 Å². The molecule has 0 bridgehead atoms. The molecule has 2 nitrogen and oxygen atoms in total. The van der Waals surface area contributed by atoms with Gasteiger partial charge in [-0.1, -0.05) is 118 Å². The fourth-order valence-electron chi connectivity index (χ4n) is 4.02. The quantitative estimate of drug-likeness (QED) is 0.146. The van der Waals surface area contributed by atoms with E-state index in [0.717, 1.165) is 42.2 Å². The lowest BCUT2D eigenvalue weighted by Crippen LogP contribution is -2.06. The van der Waals surface area contributed by atoms with E-state index in [4.69, 9.17) is 0 Å². The van der Waals surface area contributed by atoms with Gasteiger partial charge in [0, 0.05) is 11.2 Å². The molecule has 8 heteroatoms. The molecule has 0 aromatic heterocycles. The van der Waals surface area contributed by atoms with Crippen molar-refractivity contribution in [1.29, 1.82) is 0 Å². The van der Waals surface area contributed by atoms with Crippen molar-refractivity contribution in [3.05, 3.63) is 58.9 Å². The van der Waals surface area contributed by atoms with Gasteiger partial charge in [-0.3, -0.25) is 0 Å². The molecule has 2 aromatic carbocycles. The summed E-state index contributed by atoms with van der Waals surface area (Å²) >= 11 is 1.30. The fraction of sp³-hybridized carbons (Fsp3) is 0.657. The zero-order valence-electron chi connectivity index (χ0n) is 28.3. The van der Waals surface area contributed by atoms with Crippen molar-refractivity contribution >= 4 is 21.6 Å².